The van der Waals surface area contributed by atoms with Crippen LogP contribution in [0.25, 0.3) is 11.3 Å². The average molecular weight is 933 g/mol. The van der Waals surface area contributed by atoms with Crippen molar-refractivity contribution in [2.75, 3.05) is 46.2 Å². The lowest BCUT2D eigenvalue weighted by Crippen LogP contribution is -2.54. The maximum Gasteiger partial charge on any atom is 0.293 e. The normalized spacial score (nSPS) is 21.7. The van der Waals surface area contributed by atoms with Crippen molar-refractivity contribution in [3.8, 4) is 11.3 Å². The van der Waals surface area contributed by atoms with Crippen LogP contribution in [0.15, 0.2) is 71.8 Å². The van der Waals surface area contributed by atoms with Crippen molar-refractivity contribution < 1.29 is 29.1 Å². The maximum atomic E-state index is 14.0. The molecule has 5 aromatic rings. The van der Waals surface area contributed by atoms with Crippen molar-refractivity contribution in [2.24, 2.45) is 17.9 Å². The molecule has 3 fully saturated rings. The number of hydrogen-bond donors (Lipinski definition) is 3. The quantitative estimate of drug-likeness (QED) is 0.169. The number of carbonyl (C=O) groups excluding carboxylic acids is 5. The van der Waals surface area contributed by atoms with E-state index in [4.69, 9.17) is 4.98 Å². The van der Waals surface area contributed by atoms with E-state index in [9.17, 15) is 33.9 Å². The summed E-state index contributed by atoms with van der Waals surface area (Å²) in [7, 11) is 1.66. The van der Waals surface area contributed by atoms with E-state index < -0.39 is 29.7 Å². The number of fused-ring (bicyclic) bond motifs is 4. The number of imide groups is 2. The number of rotatable bonds is 8. The molecular formula is C52H56N10O7. The molecule has 69 heavy (non-hydrogen) atoms. The van der Waals surface area contributed by atoms with Gasteiger partial charge in [-0.3, -0.25) is 43.9 Å². The first-order chi connectivity index (χ1) is 33.1. The van der Waals surface area contributed by atoms with Crippen LogP contribution in [0, 0.1) is 10.8 Å². The van der Waals surface area contributed by atoms with Crippen LogP contribution in [-0.4, -0.2) is 96.9 Å². The van der Waals surface area contributed by atoms with Gasteiger partial charge in [-0.05, 0) is 123 Å². The highest BCUT2D eigenvalue weighted by Crippen LogP contribution is 2.46. The van der Waals surface area contributed by atoms with E-state index in [2.05, 4.69) is 62.9 Å². The summed E-state index contributed by atoms with van der Waals surface area (Å²) in [5.74, 6) is -1.65. The van der Waals surface area contributed by atoms with Gasteiger partial charge in [0.1, 0.15) is 17.6 Å². The summed E-state index contributed by atoms with van der Waals surface area (Å²) in [5, 5.41) is 16.3. The number of benzene rings is 2. The van der Waals surface area contributed by atoms with Gasteiger partial charge in [0.05, 0.1) is 23.4 Å². The minimum Gasteiger partial charge on any atom is -0.392 e. The standard InChI is InChI=1S/C52H56N10O7/c1-30-25-52(14-18-58(19-15-52)34-9-10-36-37(24-34)48(67)62(47(36)66)40-11-12-43(64)56-46(40)65)16-20-59(30)33-7-5-32(6-8-33)54-44-50(69)57(4)28-39(55-44)35-13-17-53-45(38(35)29-63)61-22-21-60-41(49(61)68)23-31-26-51(2,3)27-42(31)60/h5-10,13,17,23-24,28,30,40,63H,11-12,14-16,18-22,25-27,29H2,1-4H3,(H,54,55)(H,56,64,65)/t30-,40?/m0/s1. The fourth-order valence-electron chi connectivity index (χ4n) is 12.1. The lowest BCUT2D eigenvalue weighted by atomic mass is 9.69. The number of amides is 5. The molecular weight excluding hydrogens is 877 g/mol. The Balaban J connectivity index is 0.738. The van der Waals surface area contributed by atoms with Crippen LogP contribution in [0.2, 0.25) is 0 Å². The van der Waals surface area contributed by atoms with Gasteiger partial charge in [-0.15, -0.1) is 0 Å². The second-order valence-corrected chi connectivity index (χ2v) is 20.7. The van der Waals surface area contributed by atoms with Gasteiger partial charge in [0.15, 0.2) is 5.82 Å². The summed E-state index contributed by atoms with van der Waals surface area (Å²) in [6.07, 6.45) is 9.36. The summed E-state index contributed by atoms with van der Waals surface area (Å²) in [5.41, 5.74) is 7.87. The van der Waals surface area contributed by atoms with Gasteiger partial charge in [-0.25, -0.2) is 9.97 Å². The van der Waals surface area contributed by atoms with Crippen LogP contribution in [-0.2, 0) is 42.6 Å². The molecule has 0 radical (unpaired) electrons. The molecule has 17 nitrogen and oxygen atoms in total. The largest absolute Gasteiger partial charge is 0.392 e. The Morgan fingerprint density at radius 3 is 2.30 bits per heavy atom. The topological polar surface area (TPSA) is 195 Å². The Bertz CT molecular complexity index is 3060. The molecule has 3 aromatic heterocycles. The summed E-state index contributed by atoms with van der Waals surface area (Å²) in [6, 6.07) is 16.4. The molecule has 2 atom stereocenters. The number of aliphatic hydroxyl groups is 1. The molecule has 8 heterocycles. The Kier molecular flexibility index (Phi) is 10.6. The van der Waals surface area contributed by atoms with Crippen molar-refractivity contribution >= 4 is 58.2 Å². The van der Waals surface area contributed by atoms with Gasteiger partial charge in [0.2, 0.25) is 11.8 Å². The minimum absolute atomic E-state index is 0.0783. The number of carbonyl (C=O) groups is 5. The highest BCUT2D eigenvalue weighted by atomic mass is 16.3. The lowest BCUT2D eigenvalue weighted by Gasteiger charge is -2.50. The molecule has 1 aliphatic carbocycles. The van der Waals surface area contributed by atoms with Crippen LogP contribution < -0.4 is 30.9 Å². The molecule has 356 valence electrons. The molecule has 5 aliphatic heterocycles. The van der Waals surface area contributed by atoms with Gasteiger partial charge in [0.25, 0.3) is 23.3 Å². The zero-order valence-corrected chi connectivity index (χ0v) is 39.4. The summed E-state index contributed by atoms with van der Waals surface area (Å²) in [6.45, 7) is 9.98. The molecule has 6 aliphatic rings. The van der Waals surface area contributed by atoms with Crippen LogP contribution in [0.3, 0.4) is 0 Å². The minimum atomic E-state index is -0.993. The van der Waals surface area contributed by atoms with Crippen LogP contribution in [0.5, 0.6) is 0 Å². The number of pyridine rings is 1. The van der Waals surface area contributed by atoms with Crippen LogP contribution >= 0.6 is 0 Å². The second kappa shape index (κ2) is 16.5. The van der Waals surface area contributed by atoms with Gasteiger partial charge >= 0.3 is 0 Å². The van der Waals surface area contributed by atoms with E-state index in [0.717, 1.165) is 74.4 Å². The second-order valence-electron chi connectivity index (χ2n) is 20.7. The summed E-state index contributed by atoms with van der Waals surface area (Å²) in [4.78, 5) is 95.3. The molecule has 2 aromatic carbocycles. The van der Waals surface area contributed by atoms with E-state index in [-0.39, 0.29) is 59.2 Å². The van der Waals surface area contributed by atoms with Crippen molar-refractivity contribution in [1.29, 1.82) is 0 Å². The molecule has 5 amide bonds. The number of aryl methyl sites for hydroxylation is 1. The van der Waals surface area contributed by atoms with E-state index in [0.29, 0.717) is 52.7 Å². The van der Waals surface area contributed by atoms with Crippen molar-refractivity contribution in [3.05, 3.63) is 111 Å². The van der Waals surface area contributed by atoms with Crippen LogP contribution in [0.1, 0.15) is 107 Å². The third-order valence-electron chi connectivity index (χ3n) is 15.6. The monoisotopic (exact) mass is 932 g/mol. The lowest BCUT2D eigenvalue weighted by molar-refractivity contribution is -0.136. The highest BCUT2D eigenvalue weighted by Gasteiger charge is 2.46. The molecule has 17 heteroatoms. The Morgan fingerprint density at radius 2 is 1.57 bits per heavy atom. The smallest absolute Gasteiger partial charge is 0.293 e. The fourth-order valence-corrected chi connectivity index (χ4v) is 12.1. The van der Waals surface area contributed by atoms with Gasteiger partial charge in [0, 0.05) is 98.5 Å². The first-order valence-electron chi connectivity index (χ1n) is 24.1. The molecule has 3 N–H and O–H groups in total. The highest BCUT2D eigenvalue weighted by molar-refractivity contribution is 6.23. The third-order valence-corrected chi connectivity index (χ3v) is 15.6. The summed E-state index contributed by atoms with van der Waals surface area (Å²) >= 11 is 0. The molecule has 11 rings (SSSR count). The SMILES string of the molecule is C[C@H]1CC2(CCN(c3ccc4c(c3)C(=O)N(C3CCC(=O)NC3=O)C4=O)CC2)CCN1c1ccc(Nc2nc(-c3ccnc(N4CCn5c(cc6c5CC(C)(C)C6)C4=O)c3CO)cn(C)c2=O)cc1. The Morgan fingerprint density at radius 1 is 0.826 bits per heavy atom. The van der Waals surface area contributed by atoms with E-state index >= 15 is 0 Å². The predicted molar refractivity (Wildman–Crippen MR) is 259 cm³/mol. The number of nitrogens with one attached hydrogen (secondary N) is 2. The molecule has 1 spiro atoms. The van der Waals surface area contributed by atoms with E-state index in [1.54, 1.807) is 42.5 Å². The number of hydrogen-bond acceptors (Lipinski definition) is 12. The Hall–Kier alpha value is -7.14. The van der Waals surface area contributed by atoms with Crippen molar-refractivity contribution in [3.63, 3.8) is 0 Å². The van der Waals surface area contributed by atoms with Crippen LogP contribution in [0.4, 0.5) is 28.7 Å². The number of nitrogens with zero attached hydrogens (tertiary/aromatic N) is 8. The predicted octanol–water partition coefficient (Wildman–Crippen LogP) is 5.34. The molecule has 3 saturated heterocycles. The van der Waals surface area contributed by atoms with E-state index in [1.807, 2.05) is 24.3 Å². The zero-order valence-electron chi connectivity index (χ0n) is 39.4. The summed E-state index contributed by atoms with van der Waals surface area (Å²) < 4.78 is 3.61. The van der Waals surface area contributed by atoms with Gasteiger partial charge in [-0.2, -0.15) is 0 Å². The first kappa shape index (κ1) is 44.4. The van der Waals surface area contributed by atoms with Crippen molar-refractivity contribution in [1.82, 2.24) is 29.3 Å². The number of aromatic nitrogens is 4. The zero-order chi connectivity index (χ0) is 48.1. The molecule has 1 unspecified atom stereocenters. The maximum absolute atomic E-state index is 14.0. The molecule has 0 bridgehead atoms. The fraction of sp³-hybridized carbons (Fsp3) is 0.423. The van der Waals surface area contributed by atoms with E-state index in [1.165, 1.54) is 15.8 Å². The van der Waals surface area contributed by atoms with Gasteiger partial charge in [-0.1, -0.05) is 13.8 Å². The Labute approximate surface area is 399 Å². The van der Waals surface area contributed by atoms with Crippen molar-refractivity contribution in [2.45, 2.75) is 97.4 Å². The molecule has 0 saturated carbocycles. The van der Waals surface area contributed by atoms with Gasteiger partial charge < -0.3 is 29.4 Å². The first-order valence-corrected chi connectivity index (χ1v) is 24.1. The third kappa shape index (κ3) is 7.57. The number of anilines is 5. The number of piperidine rings is 3. The number of aliphatic hydroxyl groups excluding tert-OH is 1. The average Bonchev–Trinajstić information content (AvgIpc) is 3.92.